The average molecular weight is 347 g/mol. The van der Waals surface area contributed by atoms with E-state index in [1.54, 1.807) is 0 Å². The summed E-state index contributed by atoms with van der Waals surface area (Å²) in [5.41, 5.74) is 7.53. The predicted octanol–water partition coefficient (Wildman–Crippen LogP) is 5.06. The third kappa shape index (κ3) is 4.96. The van der Waals surface area contributed by atoms with Crippen molar-refractivity contribution < 1.29 is 10.2 Å². The molecule has 0 saturated carbocycles. The van der Waals surface area contributed by atoms with Crippen LogP contribution in [0.1, 0.15) is 71.6 Å². The molecular formula is C21H34O2Si. The van der Waals surface area contributed by atoms with E-state index in [-0.39, 0.29) is 6.61 Å². The highest BCUT2D eigenvalue weighted by atomic mass is 28.3. The summed E-state index contributed by atoms with van der Waals surface area (Å²) in [5, 5.41) is 18.9. The maximum Gasteiger partial charge on any atom is 0.146 e. The molecule has 134 valence electrons. The van der Waals surface area contributed by atoms with E-state index in [0.29, 0.717) is 29.5 Å². The van der Waals surface area contributed by atoms with Crippen LogP contribution in [-0.4, -0.2) is 24.9 Å². The van der Waals surface area contributed by atoms with Crippen molar-refractivity contribution in [2.75, 3.05) is 6.61 Å². The quantitative estimate of drug-likeness (QED) is 0.535. The van der Waals surface area contributed by atoms with Crippen LogP contribution in [0.5, 0.6) is 0 Å². The molecule has 1 atom stereocenters. The number of aliphatic hydroxyl groups is 2. The zero-order valence-corrected chi connectivity index (χ0v) is 17.1. The first-order valence-corrected chi connectivity index (χ1v) is 11.4. The van der Waals surface area contributed by atoms with Gasteiger partial charge in [-0.3, -0.25) is 0 Å². The van der Waals surface area contributed by atoms with E-state index in [0.717, 1.165) is 11.1 Å². The Labute approximate surface area is 149 Å². The molecule has 0 fully saturated rings. The largest absolute Gasteiger partial charge is 0.396 e. The van der Waals surface area contributed by atoms with E-state index >= 15 is 0 Å². The van der Waals surface area contributed by atoms with Gasteiger partial charge in [0.1, 0.15) is 8.07 Å². The number of rotatable bonds is 7. The molecule has 0 amide bonds. The lowest BCUT2D eigenvalue weighted by molar-refractivity contribution is 0.152. The summed E-state index contributed by atoms with van der Waals surface area (Å²) in [4.78, 5) is 0. The topological polar surface area (TPSA) is 40.5 Å². The van der Waals surface area contributed by atoms with Crippen LogP contribution in [0.15, 0.2) is 24.3 Å². The highest BCUT2D eigenvalue weighted by molar-refractivity contribution is 6.90. The van der Waals surface area contributed by atoms with Gasteiger partial charge < -0.3 is 10.2 Å². The van der Waals surface area contributed by atoms with E-state index in [4.69, 9.17) is 5.11 Å². The van der Waals surface area contributed by atoms with Crippen LogP contribution in [0.3, 0.4) is 0 Å². The molecule has 0 aliphatic rings. The van der Waals surface area contributed by atoms with Crippen LogP contribution in [0.4, 0.5) is 0 Å². The molecule has 0 aliphatic carbocycles. The molecule has 0 aliphatic heterocycles. The summed E-state index contributed by atoms with van der Waals surface area (Å²) in [5.74, 6) is 3.43. The van der Waals surface area contributed by atoms with Gasteiger partial charge in [0.2, 0.25) is 0 Å². The molecule has 0 bridgehead atoms. The molecule has 0 aromatic heterocycles. The Bertz CT molecular complexity index is 528. The summed E-state index contributed by atoms with van der Waals surface area (Å²) in [6.07, 6.45) is 0.703. The molecule has 0 saturated heterocycles. The Balaban J connectivity index is 3.02. The molecular weight excluding hydrogens is 312 g/mol. The molecule has 3 heteroatoms. The van der Waals surface area contributed by atoms with Gasteiger partial charge in [0, 0.05) is 12.2 Å². The lowest BCUT2D eigenvalue weighted by Crippen LogP contribution is -2.43. The third-order valence-electron chi connectivity index (χ3n) is 5.22. The van der Waals surface area contributed by atoms with E-state index < -0.39 is 14.2 Å². The summed E-state index contributed by atoms with van der Waals surface area (Å²) < 4.78 is 0. The maximum absolute atomic E-state index is 10.1. The Morgan fingerprint density at radius 2 is 1.42 bits per heavy atom. The van der Waals surface area contributed by atoms with Crippen LogP contribution in [0.2, 0.25) is 16.6 Å². The fourth-order valence-electron chi connectivity index (χ4n) is 3.85. The predicted molar refractivity (Wildman–Crippen MR) is 106 cm³/mol. The highest BCUT2D eigenvalue weighted by Crippen LogP contribution is 2.40. The minimum absolute atomic E-state index is 0.118. The minimum Gasteiger partial charge on any atom is -0.396 e. The molecule has 0 heterocycles. The van der Waals surface area contributed by atoms with E-state index in [2.05, 4.69) is 53.0 Å². The second-order valence-corrected chi connectivity index (χ2v) is 13.2. The summed E-state index contributed by atoms with van der Waals surface area (Å²) in [6.45, 7) is 14.0. The van der Waals surface area contributed by atoms with E-state index in [9.17, 15) is 5.11 Å². The Morgan fingerprint density at radius 1 is 0.917 bits per heavy atom. The normalized spacial score (nSPS) is 13.3. The van der Waals surface area contributed by atoms with Crippen LogP contribution < -0.4 is 0 Å². The van der Waals surface area contributed by atoms with Gasteiger partial charge >= 0.3 is 0 Å². The lowest BCUT2D eigenvalue weighted by Gasteiger charge is -2.38. The minimum atomic E-state index is -1.70. The number of benzene rings is 1. The monoisotopic (exact) mass is 346 g/mol. The van der Waals surface area contributed by atoms with Gasteiger partial charge in [-0.1, -0.05) is 59.6 Å². The molecule has 2 N–H and O–H groups in total. The third-order valence-corrected chi connectivity index (χ3v) is 11.5. The van der Waals surface area contributed by atoms with Gasteiger partial charge in [-0.2, -0.15) is 0 Å². The van der Waals surface area contributed by atoms with Crippen molar-refractivity contribution in [2.45, 2.75) is 77.1 Å². The first kappa shape index (κ1) is 21.0. The summed E-state index contributed by atoms with van der Waals surface area (Å²) >= 11 is 0. The fourth-order valence-corrected chi connectivity index (χ4v) is 9.08. The molecule has 0 unspecified atom stereocenters. The molecule has 1 rings (SSSR count). The molecule has 2 nitrogen and oxygen atoms in total. The van der Waals surface area contributed by atoms with Crippen molar-refractivity contribution in [3.8, 4) is 11.5 Å². The molecule has 24 heavy (non-hydrogen) atoms. The van der Waals surface area contributed by atoms with Crippen molar-refractivity contribution in [3.05, 3.63) is 35.4 Å². The highest BCUT2D eigenvalue weighted by Gasteiger charge is 2.41. The van der Waals surface area contributed by atoms with Crippen LogP contribution in [-0.2, 0) is 0 Å². The molecule has 1 aromatic rings. The van der Waals surface area contributed by atoms with E-state index in [1.807, 2.05) is 24.3 Å². The Morgan fingerprint density at radius 3 is 1.83 bits per heavy atom. The summed E-state index contributed by atoms with van der Waals surface area (Å²) in [6, 6.07) is 7.92. The SMILES string of the molecule is CC(C)[Si](C#Cc1ccc([C@H](O)CCCO)cc1)(C(C)C)C(C)C. The van der Waals surface area contributed by atoms with Gasteiger partial charge in [-0.25, -0.2) is 0 Å². The zero-order valence-electron chi connectivity index (χ0n) is 16.1. The molecule has 0 radical (unpaired) electrons. The van der Waals surface area contributed by atoms with E-state index in [1.165, 1.54) is 0 Å². The second kappa shape index (κ2) is 9.41. The fraction of sp³-hybridized carbons (Fsp3) is 0.619. The second-order valence-electron chi connectivity index (χ2n) is 7.65. The standard InChI is InChI=1S/C21H34O2Si/c1-16(2)24(17(3)4,18(5)6)15-13-19-9-11-20(12-10-19)21(23)8-7-14-22/h9-12,16-18,21-23H,7-8,14H2,1-6H3/t21-/m1/s1. The van der Waals surface area contributed by atoms with Crippen molar-refractivity contribution in [1.29, 1.82) is 0 Å². The van der Waals surface area contributed by atoms with Gasteiger partial charge in [-0.15, -0.1) is 5.54 Å². The van der Waals surface area contributed by atoms with Crippen molar-refractivity contribution in [3.63, 3.8) is 0 Å². The average Bonchev–Trinajstić information content (AvgIpc) is 2.52. The molecule has 1 aromatic carbocycles. The zero-order chi connectivity index (χ0) is 18.3. The number of hydrogen-bond acceptors (Lipinski definition) is 2. The Hall–Kier alpha value is -1.08. The van der Waals surface area contributed by atoms with Crippen molar-refractivity contribution in [1.82, 2.24) is 0 Å². The summed E-state index contributed by atoms with van der Waals surface area (Å²) in [7, 11) is -1.70. The van der Waals surface area contributed by atoms with Gasteiger partial charge in [-0.05, 0) is 47.2 Å². The van der Waals surface area contributed by atoms with Crippen molar-refractivity contribution >= 4 is 8.07 Å². The van der Waals surface area contributed by atoms with Crippen LogP contribution in [0, 0.1) is 11.5 Å². The smallest absolute Gasteiger partial charge is 0.146 e. The maximum atomic E-state index is 10.1. The van der Waals surface area contributed by atoms with Crippen molar-refractivity contribution in [2.24, 2.45) is 0 Å². The first-order chi connectivity index (χ1) is 11.3. The molecule has 0 spiro atoms. The Kier molecular flexibility index (Phi) is 8.22. The lowest BCUT2D eigenvalue weighted by atomic mass is 10.0. The van der Waals surface area contributed by atoms with Gasteiger partial charge in [0.05, 0.1) is 6.10 Å². The van der Waals surface area contributed by atoms with Gasteiger partial charge in [0.15, 0.2) is 0 Å². The number of hydrogen-bond donors (Lipinski definition) is 2. The van der Waals surface area contributed by atoms with Gasteiger partial charge in [0.25, 0.3) is 0 Å². The first-order valence-electron chi connectivity index (χ1n) is 9.17. The number of aliphatic hydroxyl groups excluding tert-OH is 2. The van der Waals surface area contributed by atoms with Crippen LogP contribution >= 0.6 is 0 Å². The van der Waals surface area contributed by atoms with Crippen LogP contribution in [0.25, 0.3) is 0 Å².